The molecule has 9 heteroatoms. The summed E-state index contributed by atoms with van der Waals surface area (Å²) >= 11 is 0. The second kappa shape index (κ2) is 11.1. The Kier molecular flexibility index (Phi) is 8.82. The maximum atomic E-state index is 12.8. The minimum atomic E-state index is -1.67. The number of carbonyl (C=O) groups is 3. The molecule has 0 bridgehead atoms. The van der Waals surface area contributed by atoms with Crippen LogP contribution in [0, 0.1) is 5.92 Å². The number of benzene rings is 1. The molecule has 4 N–H and O–H groups in total. The largest absolute Gasteiger partial charge is 0.480 e. The number of hydrogen-bond donors (Lipinski definition) is 4. The van der Waals surface area contributed by atoms with E-state index in [9.17, 15) is 24.6 Å². The van der Waals surface area contributed by atoms with Gasteiger partial charge in [0, 0.05) is 13.2 Å². The van der Waals surface area contributed by atoms with Crippen molar-refractivity contribution in [3.8, 4) is 0 Å². The Hall–Kier alpha value is -2.65. The van der Waals surface area contributed by atoms with E-state index in [1.807, 2.05) is 6.07 Å². The lowest BCUT2D eigenvalue weighted by Crippen LogP contribution is -2.56. The van der Waals surface area contributed by atoms with Crippen LogP contribution in [0.5, 0.6) is 0 Å². The lowest BCUT2D eigenvalue weighted by molar-refractivity contribution is -0.146. The van der Waals surface area contributed by atoms with Crippen LogP contribution in [0.15, 0.2) is 30.3 Å². The highest BCUT2D eigenvalue weighted by Gasteiger charge is 2.35. The molecule has 31 heavy (non-hydrogen) atoms. The van der Waals surface area contributed by atoms with Gasteiger partial charge >= 0.3 is 12.1 Å². The normalized spacial score (nSPS) is 17.8. The van der Waals surface area contributed by atoms with Gasteiger partial charge in [0.25, 0.3) is 5.91 Å². The van der Waals surface area contributed by atoms with Crippen LogP contribution in [-0.4, -0.2) is 65.2 Å². The van der Waals surface area contributed by atoms with Crippen molar-refractivity contribution in [2.75, 3.05) is 13.2 Å². The molecule has 1 aromatic rings. The minimum absolute atomic E-state index is 0.156. The molecule has 1 aromatic carbocycles. The molecule has 1 unspecified atom stereocenters. The lowest BCUT2D eigenvalue weighted by atomic mass is 9.91. The van der Waals surface area contributed by atoms with Crippen molar-refractivity contribution in [1.82, 2.24) is 10.6 Å². The quantitative estimate of drug-likeness (QED) is 0.485. The van der Waals surface area contributed by atoms with Gasteiger partial charge in [-0.1, -0.05) is 30.3 Å². The van der Waals surface area contributed by atoms with E-state index in [1.54, 1.807) is 45.0 Å². The molecule has 0 saturated carbocycles. The molecule has 172 valence electrons. The molecular weight excluding hydrogens is 404 g/mol. The Bertz CT molecular complexity index is 742. The number of carboxylic acid groups (broad SMARTS) is 1. The Labute approximate surface area is 182 Å². The summed E-state index contributed by atoms with van der Waals surface area (Å²) in [6, 6.07) is 6.88. The lowest BCUT2D eigenvalue weighted by Gasteiger charge is -2.30. The van der Waals surface area contributed by atoms with E-state index in [0.717, 1.165) is 5.56 Å². The van der Waals surface area contributed by atoms with Crippen molar-refractivity contribution in [1.29, 1.82) is 0 Å². The third-order valence-electron chi connectivity index (χ3n) is 4.95. The Morgan fingerprint density at radius 3 is 2.29 bits per heavy atom. The van der Waals surface area contributed by atoms with E-state index in [-0.39, 0.29) is 12.3 Å². The van der Waals surface area contributed by atoms with Gasteiger partial charge in [0.2, 0.25) is 0 Å². The molecule has 3 atom stereocenters. The average molecular weight is 437 g/mol. The first kappa shape index (κ1) is 24.6. The number of nitrogens with one attached hydrogen (secondary N) is 2. The third-order valence-corrected chi connectivity index (χ3v) is 4.95. The SMILES string of the molecule is CC(C)(C)OC(=O)N[C@H](Cc1ccccc1)[C@H](O)C(=O)NC(C(=O)O)C1CCOCC1. The summed E-state index contributed by atoms with van der Waals surface area (Å²) in [5, 5.41) is 25.3. The van der Waals surface area contributed by atoms with Gasteiger partial charge in [-0.05, 0) is 51.5 Å². The zero-order chi connectivity index (χ0) is 23.0. The van der Waals surface area contributed by atoms with E-state index in [0.29, 0.717) is 26.1 Å². The summed E-state index contributed by atoms with van der Waals surface area (Å²) in [7, 11) is 0. The predicted molar refractivity (Wildman–Crippen MR) is 112 cm³/mol. The number of aliphatic hydroxyl groups excluding tert-OH is 1. The number of carboxylic acids is 1. The Balaban J connectivity index is 2.13. The van der Waals surface area contributed by atoms with Crippen molar-refractivity contribution in [2.24, 2.45) is 5.92 Å². The average Bonchev–Trinajstić information content (AvgIpc) is 2.70. The van der Waals surface area contributed by atoms with Gasteiger partial charge in [0.15, 0.2) is 6.10 Å². The van der Waals surface area contributed by atoms with Gasteiger partial charge in [0.1, 0.15) is 11.6 Å². The number of amides is 2. The molecular formula is C22H32N2O7. The number of rotatable bonds is 8. The fourth-order valence-electron chi connectivity index (χ4n) is 3.42. The predicted octanol–water partition coefficient (Wildman–Crippen LogP) is 1.48. The van der Waals surface area contributed by atoms with Crippen LogP contribution in [0.2, 0.25) is 0 Å². The number of aliphatic hydroxyl groups is 1. The smallest absolute Gasteiger partial charge is 0.407 e. The molecule has 1 fully saturated rings. The number of carbonyl (C=O) groups excluding carboxylic acids is 2. The highest BCUT2D eigenvalue weighted by molar-refractivity contribution is 5.87. The standard InChI is InChI=1S/C22H32N2O7/c1-22(2,3)31-21(29)23-16(13-14-7-5-4-6-8-14)18(25)19(26)24-17(20(27)28)15-9-11-30-12-10-15/h4-8,15-18,25H,9-13H2,1-3H3,(H,23,29)(H,24,26)(H,27,28)/t16-,17?,18+/m1/s1. The van der Waals surface area contributed by atoms with Crippen LogP contribution in [0.3, 0.4) is 0 Å². The molecule has 1 aliphatic heterocycles. The molecule has 0 aliphatic carbocycles. The van der Waals surface area contributed by atoms with Gasteiger partial charge in [-0.3, -0.25) is 4.79 Å². The van der Waals surface area contributed by atoms with E-state index < -0.39 is 41.8 Å². The van der Waals surface area contributed by atoms with Gasteiger partial charge < -0.3 is 30.3 Å². The van der Waals surface area contributed by atoms with Gasteiger partial charge in [0.05, 0.1) is 6.04 Å². The molecule has 0 aromatic heterocycles. The van der Waals surface area contributed by atoms with E-state index in [1.165, 1.54) is 0 Å². The topological polar surface area (TPSA) is 134 Å². The highest BCUT2D eigenvalue weighted by Crippen LogP contribution is 2.19. The van der Waals surface area contributed by atoms with Crippen molar-refractivity contribution in [2.45, 2.75) is 63.8 Å². The Morgan fingerprint density at radius 2 is 1.74 bits per heavy atom. The maximum Gasteiger partial charge on any atom is 0.407 e. The van der Waals surface area contributed by atoms with Crippen LogP contribution in [-0.2, 0) is 25.5 Å². The first-order chi connectivity index (χ1) is 14.6. The summed E-state index contributed by atoms with van der Waals surface area (Å²) < 4.78 is 10.5. The van der Waals surface area contributed by atoms with Crippen LogP contribution in [0.1, 0.15) is 39.2 Å². The second-order valence-electron chi connectivity index (χ2n) is 8.66. The first-order valence-corrected chi connectivity index (χ1v) is 10.4. The fraction of sp³-hybridized carbons (Fsp3) is 0.591. The van der Waals surface area contributed by atoms with E-state index in [4.69, 9.17) is 9.47 Å². The van der Waals surface area contributed by atoms with Crippen molar-refractivity contribution < 1.29 is 34.1 Å². The zero-order valence-electron chi connectivity index (χ0n) is 18.2. The van der Waals surface area contributed by atoms with Crippen LogP contribution >= 0.6 is 0 Å². The van der Waals surface area contributed by atoms with Crippen LogP contribution in [0.4, 0.5) is 4.79 Å². The molecule has 2 rings (SSSR count). The van der Waals surface area contributed by atoms with E-state index >= 15 is 0 Å². The van der Waals surface area contributed by atoms with Gasteiger partial charge in [-0.25, -0.2) is 9.59 Å². The summed E-state index contributed by atoms with van der Waals surface area (Å²) in [4.78, 5) is 36.8. The first-order valence-electron chi connectivity index (χ1n) is 10.4. The molecule has 0 radical (unpaired) electrons. The van der Waals surface area contributed by atoms with Crippen LogP contribution in [0.25, 0.3) is 0 Å². The van der Waals surface area contributed by atoms with Crippen LogP contribution < -0.4 is 10.6 Å². The Morgan fingerprint density at radius 1 is 1.13 bits per heavy atom. The number of hydrogen-bond acceptors (Lipinski definition) is 6. The summed E-state index contributed by atoms with van der Waals surface area (Å²) in [5.74, 6) is -2.34. The monoisotopic (exact) mass is 436 g/mol. The number of ether oxygens (including phenoxy) is 2. The van der Waals surface area contributed by atoms with Gasteiger partial charge in [-0.15, -0.1) is 0 Å². The fourth-order valence-corrected chi connectivity index (χ4v) is 3.42. The van der Waals surface area contributed by atoms with Crippen molar-refractivity contribution >= 4 is 18.0 Å². The molecule has 1 aliphatic rings. The van der Waals surface area contributed by atoms with Crippen molar-refractivity contribution in [3.63, 3.8) is 0 Å². The third kappa shape index (κ3) is 8.18. The maximum absolute atomic E-state index is 12.8. The molecule has 1 saturated heterocycles. The molecule has 2 amide bonds. The second-order valence-corrected chi connectivity index (χ2v) is 8.66. The summed E-state index contributed by atoms with van der Waals surface area (Å²) in [6.45, 7) is 5.95. The van der Waals surface area contributed by atoms with Crippen molar-refractivity contribution in [3.05, 3.63) is 35.9 Å². The van der Waals surface area contributed by atoms with Gasteiger partial charge in [-0.2, -0.15) is 0 Å². The number of aliphatic carboxylic acids is 1. The zero-order valence-corrected chi connectivity index (χ0v) is 18.2. The summed E-state index contributed by atoms with van der Waals surface area (Å²) in [5.41, 5.74) is 0.0288. The van der Waals surface area contributed by atoms with E-state index in [2.05, 4.69) is 10.6 Å². The molecule has 0 spiro atoms. The molecule has 1 heterocycles. The highest BCUT2D eigenvalue weighted by atomic mass is 16.6. The minimum Gasteiger partial charge on any atom is -0.480 e. The summed E-state index contributed by atoms with van der Waals surface area (Å²) in [6.07, 6.45) is -1.30. The molecule has 9 nitrogen and oxygen atoms in total. The number of alkyl carbamates (subject to hydrolysis) is 1.